The Hall–Kier alpha value is -3.40. The molecule has 152 valence electrons. The lowest BCUT2D eigenvalue weighted by atomic mass is 10.1. The van der Waals surface area contributed by atoms with Gasteiger partial charge in [-0.15, -0.1) is 0 Å². The van der Waals surface area contributed by atoms with Gasteiger partial charge >= 0.3 is 0 Å². The van der Waals surface area contributed by atoms with E-state index in [9.17, 15) is 4.79 Å². The van der Waals surface area contributed by atoms with Gasteiger partial charge in [-0.05, 0) is 42.7 Å². The fourth-order valence-electron chi connectivity index (χ4n) is 3.73. The van der Waals surface area contributed by atoms with Crippen LogP contribution in [0.1, 0.15) is 28.1 Å². The molecule has 4 rings (SSSR count). The van der Waals surface area contributed by atoms with Crippen molar-refractivity contribution in [1.82, 2.24) is 14.9 Å². The maximum atomic E-state index is 12.4. The number of nitrogens with zero attached hydrogens (tertiary/aromatic N) is 2. The second-order valence-corrected chi connectivity index (χ2v) is 7.79. The van der Waals surface area contributed by atoms with Crippen LogP contribution in [0.3, 0.4) is 0 Å². The van der Waals surface area contributed by atoms with Crippen molar-refractivity contribution in [2.45, 2.75) is 33.2 Å². The molecule has 0 saturated carbocycles. The number of para-hydroxylation sites is 2. The molecule has 0 spiro atoms. The van der Waals surface area contributed by atoms with E-state index in [1.54, 1.807) is 0 Å². The summed E-state index contributed by atoms with van der Waals surface area (Å²) in [6.45, 7) is 5.48. The van der Waals surface area contributed by atoms with Crippen molar-refractivity contribution >= 4 is 16.9 Å². The van der Waals surface area contributed by atoms with Crippen molar-refractivity contribution in [2.24, 2.45) is 0 Å². The third kappa shape index (κ3) is 4.60. The summed E-state index contributed by atoms with van der Waals surface area (Å²) >= 11 is 0. The molecule has 1 heterocycles. The minimum atomic E-state index is 0.0468. The summed E-state index contributed by atoms with van der Waals surface area (Å²) in [7, 11) is 0. The number of aromatic nitrogens is 2. The Kier molecular flexibility index (Phi) is 5.94. The molecular formula is C26H27N3O. The monoisotopic (exact) mass is 397 g/mol. The van der Waals surface area contributed by atoms with Crippen LogP contribution in [-0.2, 0) is 24.2 Å². The van der Waals surface area contributed by atoms with Crippen molar-refractivity contribution < 1.29 is 4.79 Å². The lowest BCUT2D eigenvalue weighted by Gasteiger charge is -2.11. The van der Waals surface area contributed by atoms with Crippen molar-refractivity contribution in [2.75, 3.05) is 6.54 Å². The highest BCUT2D eigenvalue weighted by Crippen LogP contribution is 2.18. The van der Waals surface area contributed by atoms with E-state index >= 15 is 0 Å². The zero-order valence-electron chi connectivity index (χ0n) is 17.6. The first-order valence-corrected chi connectivity index (χ1v) is 10.4. The number of rotatable bonds is 7. The Morgan fingerprint density at radius 2 is 1.67 bits per heavy atom. The molecule has 0 aliphatic carbocycles. The van der Waals surface area contributed by atoms with Gasteiger partial charge in [0, 0.05) is 19.5 Å². The number of benzene rings is 3. The molecule has 3 aromatic carbocycles. The predicted molar refractivity (Wildman–Crippen MR) is 122 cm³/mol. The number of nitrogens with one attached hydrogen (secondary N) is 1. The molecule has 0 fully saturated rings. The highest BCUT2D eigenvalue weighted by Gasteiger charge is 2.12. The van der Waals surface area contributed by atoms with E-state index in [1.165, 1.54) is 11.1 Å². The Bertz CT molecular complexity index is 1160. The van der Waals surface area contributed by atoms with Crippen LogP contribution in [0.15, 0.2) is 72.8 Å². The van der Waals surface area contributed by atoms with E-state index in [-0.39, 0.29) is 5.91 Å². The van der Waals surface area contributed by atoms with Crippen LogP contribution >= 0.6 is 0 Å². The standard InChI is InChI=1S/C26H27N3O/c1-19-11-13-21(14-12-19)18-29-24-10-6-5-9-23(24)28-25(29)15-16-27-26(30)17-22-8-4-3-7-20(22)2/h3-14H,15-18H2,1-2H3,(H,27,30). The summed E-state index contributed by atoms with van der Waals surface area (Å²) in [5.74, 6) is 1.04. The Labute approximate surface area is 177 Å². The third-order valence-electron chi connectivity index (χ3n) is 5.48. The predicted octanol–water partition coefficient (Wildman–Crippen LogP) is 4.60. The molecule has 1 amide bonds. The number of fused-ring (bicyclic) bond motifs is 1. The Morgan fingerprint density at radius 1 is 0.933 bits per heavy atom. The van der Waals surface area contributed by atoms with Crippen LogP contribution in [-0.4, -0.2) is 22.0 Å². The first-order chi connectivity index (χ1) is 14.6. The molecule has 0 unspecified atom stereocenters. The summed E-state index contributed by atoms with van der Waals surface area (Å²) in [5.41, 5.74) is 6.83. The third-order valence-corrected chi connectivity index (χ3v) is 5.48. The number of hydrogen-bond acceptors (Lipinski definition) is 2. The van der Waals surface area contributed by atoms with Gasteiger partial charge in [0.15, 0.2) is 0 Å². The number of imidazole rings is 1. The summed E-state index contributed by atoms with van der Waals surface area (Å²) in [4.78, 5) is 17.2. The average Bonchev–Trinajstić information content (AvgIpc) is 3.09. The average molecular weight is 398 g/mol. The maximum absolute atomic E-state index is 12.4. The zero-order chi connectivity index (χ0) is 20.9. The van der Waals surface area contributed by atoms with Gasteiger partial charge < -0.3 is 9.88 Å². The van der Waals surface area contributed by atoms with Gasteiger partial charge in [-0.2, -0.15) is 0 Å². The van der Waals surface area contributed by atoms with Crippen LogP contribution in [0.2, 0.25) is 0 Å². The van der Waals surface area contributed by atoms with Crippen molar-refractivity contribution in [3.05, 3.63) is 101 Å². The Balaban J connectivity index is 1.46. The smallest absolute Gasteiger partial charge is 0.224 e. The van der Waals surface area contributed by atoms with E-state index in [1.807, 2.05) is 49.4 Å². The van der Waals surface area contributed by atoms with Crippen LogP contribution in [0.5, 0.6) is 0 Å². The van der Waals surface area contributed by atoms with Gasteiger partial charge in [-0.3, -0.25) is 4.79 Å². The van der Waals surface area contributed by atoms with E-state index < -0.39 is 0 Å². The fourth-order valence-corrected chi connectivity index (χ4v) is 3.73. The van der Waals surface area contributed by atoms with Crippen LogP contribution in [0, 0.1) is 13.8 Å². The van der Waals surface area contributed by atoms with Gasteiger partial charge in [0.1, 0.15) is 5.82 Å². The van der Waals surface area contributed by atoms with E-state index in [4.69, 9.17) is 4.98 Å². The van der Waals surface area contributed by atoms with Crippen LogP contribution < -0.4 is 5.32 Å². The quantitative estimate of drug-likeness (QED) is 0.495. The molecule has 0 saturated heterocycles. The first-order valence-electron chi connectivity index (χ1n) is 10.4. The lowest BCUT2D eigenvalue weighted by Crippen LogP contribution is -2.28. The largest absolute Gasteiger partial charge is 0.355 e. The van der Waals surface area contributed by atoms with Crippen molar-refractivity contribution in [1.29, 1.82) is 0 Å². The molecule has 0 radical (unpaired) electrons. The summed E-state index contributed by atoms with van der Waals surface area (Å²) in [6, 6.07) is 24.8. The topological polar surface area (TPSA) is 46.9 Å². The molecule has 1 aromatic heterocycles. The van der Waals surface area contributed by atoms with Gasteiger partial charge in [-0.25, -0.2) is 4.98 Å². The minimum absolute atomic E-state index is 0.0468. The molecule has 1 N–H and O–H groups in total. The molecule has 0 bridgehead atoms. The molecule has 0 aliphatic rings. The van der Waals surface area contributed by atoms with Gasteiger partial charge in [0.2, 0.25) is 5.91 Å². The Morgan fingerprint density at radius 3 is 2.47 bits per heavy atom. The lowest BCUT2D eigenvalue weighted by molar-refractivity contribution is -0.120. The molecule has 4 heteroatoms. The van der Waals surface area contributed by atoms with Gasteiger partial charge in [0.05, 0.1) is 17.5 Å². The first kappa shape index (κ1) is 19.9. The van der Waals surface area contributed by atoms with E-state index in [2.05, 4.69) is 47.1 Å². The molecule has 4 aromatic rings. The van der Waals surface area contributed by atoms with Gasteiger partial charge in [-0.1, -0.05) is 66.2 Å². The summed E-state index contributed by atoms with van der Waals surface area (Å²) in [6.07, 6.45) is 1.10. The van der Waals surface area contributed by atoms with Crippen LogP contribution in [0.25, 0.3) is 11.0 Å². The minimum Gasteiger partial charge on any atom is -0.355 e. The van der Waals surface area contributed by atoms with Gasteiger partial charge in [0.25, 0.3) is 0 Å². The summed E-state index contributed by atoms with van der Waals surface area (Å²) in [5, 5.41) is 3.06. The SMILES string of the molecule is Cc1ccc(Cn2c(CCNC(=O)Cc3ccccc3C)nc3ccccc32)cc1. The molecule has 30 heavy (non-hydrogen) atoms. The van der Waals surface area contributed by atoms with Crippen molar-refractivity contribution in [3.8, 4) is 0 Å². The second-order valence-electron chi connectivity index (χ2n) is 7.79. The van der Waals surface area contributed by atoms with Crippen molar-refractivity contribution in [3.63, 3.8) is 0 Å². The fraction of sp³-hybridized carbons (Fsp3) is 0.231. The highest BCUT2D eigenvalue weighted by atomic mass is 16.1. The maximum Gasteiger partial charge on any atom is 0.224 e. The number of carbonyl (C=O) groups excluding carboxylic acids is 1. The van der Waals surface area contributed by atoms with E-state index in [0.717, 1.165) is 34.5 Å². The molecule has 0 atom stereocenters. The number of carbonyl (C=O) groups is 1. The van der Waals surface area contributed by atoms with E-state index in [0.29, 0.717) is 19.4 Å². The summed E-state index contributed by atoms with van der Waals surface area (Å²) < 4.78 is 2.26. The number of amides is 1. The second kappa shape index (κ2) is 8.95. The molecule has 4 nitrogen and oxygen atoms in total. The number of aryl methyl sites for hydroxylation is 2. The normalized spacial score (nSPS) is 11.0. The zero-order valence-corrected chi connectivity index (χ0v) is 17.6. The number of hydrogen-bond donors (Lipinski definition) is 1. The highest BCUT2D eigenvalue weighted by molar-refractivity contribution is 5.79. The molecule has 0 aliphatic heterocycles. The van der Waals surface area contributed by atoms with Crippen LogP contribution in [0.4, 0.5) is 0 Å². The molecular weight excluding hydrogens is 370 g/mol.